The predicted octanol–water partition coefficient (Wildman–Crippen LogP) is 0.844. The second kappa shape index (κ2) is 6.45. The van der Waals surface area contributed by atoms with Gasteiger partial charge in [-0.2, -0.15) is 4.31 Å². The first kappa shape index (κ1) is 17.4. The highest BCUT2D eigenvalue weighted by molar-refractivity contribution is 7.91. The number of amides is 1. The molecule has 0 radical (unpaired) electrons. The maximum Gasteiger partial charge on any atom is 0.243 e. The molecule has 2 saturated heterocycles. The molecule has 2 heterocycles. The van der Waals surface area contributed by atoms with Gasteiger partial charge in [-0.15, -0.1) is 0 Å². The minimum atomic E-state index is -3.55. The van der Waals surface area contributed by atoms with Gasteiger partial charge < -0.3 is 5.32 Å². The molecule has 0 bridgehead atoms. The lowest BCUT2D eigenvalue weighted by Crippen LogP contribution is -2.28. The highest BCUT2D eigenvalue weighted by atomic mass is 32.2. The first-order valence-corrected chi connectivity index (χ1v) is 11.2. The summed E-state index contributed by atoms with van der Waals surface area (Å²) in [6, 6.07) is 6.10. The van der Waals surface area contributed by atoms with E-state index in [1.807, 2.05) is 0 Å². The number of anilines is 1. The van der Waals surface area contributed by atoms with Crippen molar-refractivity contribution in [3.8, 4) is 0 Å². The Kier molecular flexibility index (Phi) is 4.67. The van der Waals surface area contributed by atoms with E-state index in [1.165, 1.54) is 16.4 Å². The van der Waals surface area contributed by atoms with Crippen LogP contribution in [0.1, 0.15) is 19.3 Å². The molecule has 7 nitrogen and oxygen atoms in total. The molecule has 0 aromatic heterocycles. The molecule has 3 rings (SSSR count). The second-order valence-corrected chi connectivity index (χ2v) is 10.4. The normalized spacial score (nSPS) is 24.1. The van der Waals surface area contributed by atoms with E-state index in [1.54, 1.807) is 12.1 Å². The van der Waals surface area contributed by atoms with Crippen LogP contribution >= 0.6 is 0 Å². The molecule has 1 aromatic rings. The molecule has 1 N–H and O–H groups in total. The molecule has 0 spiro atoms. The number of nitrogens with one attached hydrogen (secondary N) is 1. The number of rotatable bonds is 4. The Labute approximate surface area is 142 Å². The molecule has 1 atom stereocenters. The van der Waals surface area contributed by atoms with Gasteiger partial charge in [-0.25, -0.2) is 16.8 Å². The SMILES string of the molecule is O=C(Nc1cccc(S(=O)(=O)N2CCCC2)c1)[C@H]1CCS(=O)(=O)C1. The van der Waals surface area contributed by atoms with Gasteiger partial charge in [-0.3, -0.25) is 4.79 Å². The van der Waals surface area contributed by atoms with Crippen molar-refractivity contribution in [1.82, 2.24) is 4.31 Å². The molecular weight excluding hydrogens is 352 g/mol. The zero-order valence-electron chi connectivity index (χ0n) is 13.1. The Hall–Kier alpha value is -1.45. The lowest BCUT2D eigenvalue weighted by Gasteiger charge is -2.16. The van der Waals surface area contributed by atoms with Gasteiger partial charge in [0.1, 0.15) is 0 Å². The van der Waals surface area contributed by atoms with Crippen molar-refractivity contribution in [1.29, 1.82) is 0 Å². The smallest absolute Gasteiger partial charge is 0.243 e. The van der Waals surface area contributed by atoms with Crippen LogP contribution in [0.2, 0.25) is 0 Å². The highest BCUT2D eigenvalue weighted by Gasteiger charge is 2.33. The van der Waals surface area contributed by atoms with Gasteiger partial charge in [0.05, 0.1) is 22.3 Å². The number of sulfone groups is 1. The third-order valence-corrected chi connectivity index (χ3v) is 8.07. The summed E-state index contributed by atoms with van der Waals surface area (Å²) in [6.07, 6.45) is 2.01. The topological polar surface area (TPSA) is 101 Å². The third-order valence-electron chi connectivity index (χ3n) is 4.41. The third kappa shape index (κ3) is 3.62. The average Bonchev–Trinajstić information content (AvgIpc) is 3.17. The molecule has 24 heavy (non-hydrogen) atoms. The van der Waals surface area contributed by atoms with Crippen LogP contribution < -0.4 is 5.32 Å². The van der Waals surface area contributed by atoms with E-state index in [0.29, 0.717) is 25.2 Å². The molecule has 9 heteroatoms. The summed E-state index contributed by atoms with van der Waals surface area (Å²) < 4.78 is 49.5. The lowest BCUT2D eigenvalue weighted by molar-refractivity contribution is -0.119. The Morgan fingerprint density at radius 3 is 2.54 bits per heavy atom. The molecule has 2 aliphatic rings. The van der Waals surface area contributed by atoms with Crippen molar-refractivity contribution in [2.75, 3.05) is 29.9 Å². The van der Waals surface area contributed by atoms with Gasteiger partial charge in [-0.1, -0.05) is 6.07 Å². The minimum Gasteiger partial charge on any atom is -0.326 e. The summed E-state index contributed by atoms with van der Waals surface area (Å²) in [5.74, 6) is -1.08. The monoisotopic (exact) mass is 372 g/mol. The van der Waals surface area contributed by atoms with E-state index < -0.39 is 25.8 Å². The Bertz CT molecular complexity index is 842. The number of benzene rings is 1. The van der Waals surface area contributed by atoms with Crippen molar-refractivity contribution in [3.05, 3.63) is 24.3 Å². The van der Waals surface area contributed by atoms with Crippen molar-refractivity contribution in [2.45, 2.75) is 24.2 Å². The van der Waals surface area contributed by atoms with Gasteiger partial charge >= 0.3 is 0 Å². The summed E-state index contributed by atoms with van der Waals surface area (Å²) in [7, 11) is -6.69. The number of carbonyl (C=O) groups is 1. The van der Waals surface area contributed by atoms with Crippen LogP contribution in [-0.4, -0.2) is 51.6 Å². The summed E-state index contributed by atoms with van der Waals surface area (Å²) in [5.41, 5.74) is 0.365. The molecule has 132 valence electrons. The van der Waals surface area contributed by atoms with Gasteiger partial charge in [0, 0.05) is 18.8 Å². The van der Waals surface area contributed by atoms with Crippen molar-refractivity contribution in [3.63, 3.8) is 0 Å². The summed E-state index contributed by atoms with van der Waals surface area (Å²) in [5, 5.41) is 2.64. The van der Waals surface area contributed by atoms with Crippen LogP contribution in [0.5, 0.6) is 0 Å². The van der Waals surface area contributed by atoms with Crippen LogP contribution in [-0.2, 0) is 24.7 Å². The lowest BCUT2D eigenvalue weighted by atomic mass is 10.1. The van der Waals surface area contributed by atoms with E-state index in [9.17, 15) is 21.6 Å². The average molecular weight is 372 g/mol. The minimum absolute atomic E-state index is 0.0223. The van der Waals surface area contributed by atoms with E-state index in [4.69, 9.17) is 0 Å². The molecular formula is C15H20N2O5S2. The fourth-order valence-corrected chi connectivity index (χ4v) is 6.36. The zero-order chi connectivity index (χ0) is 17.4. The van der Waals surface area contributed by atoms with Crippen molar-refractivity contribution < 1.29 is 21.6 Å². The molecule has 0 saturated carbocycles. The fourth-order valence-electron chi connectivity index (χ4n) is 3.06. The molecule has 2 aliphatic heterocycles. The first-order chi connectivity index (χ1) is 11.3. The number of carbonyl (C=O) groups excluding carboxylic acids is 1. The van der Waals surface area contributed by atoms with Crippen LogP contribution in [0, 0.1) is 5.92 Å². The van der Waals surface area contributed by atoms with Crippen LogP contribution in [0.15, 0.2) is 29.2 Å². The van der Waals surface area contributed by atoms with Gasteiger partial charge in [0.25, 0.3) is 0 Å². The van der Waals surface area contributed by atoms with E-state index >= 15 is 0 Å². The predicted molar refractivity (Wildman–Crippen MR) is 89.8 cm³/mol. The van der Waals surface area contributed by atoms with E-state index in [2.05, 4.69) is 5.32 Å². The van der Waals surface area contributed by atoms with Crippen molar-refractivity contribution in [2.24, 2.45) is 5.92 Å². The van der Waals surface area contributed by atoms with Gasteiger partial charge in [0.15, 0.2) is 9.84 Å². The molecule has 1 amide bonds. The molecule has 0 aliphatic carbocycles. The summed E-state index contributed by atoms with van der Waals surface area (Å²) in [4.78, 5) is 12.3. The number of hydrogen-bond donors (Lipinski definition) is 1. The number of nitrogens with zero attached hydrogens (tertiary/aromatic N) is 1. The molecule has 2 fully saturated rings. The second-order valence-electron chi connectivity index (χ2n) is 6.23. The standard InChI is InChI=1S/C15H20N2O5S2/c18-15(12-6-9-23(19,20)11-12)16-13-4-3-5-14(10-13)24(21,22)17-7-1-2-8-17/h3-5,10,12H,1-2,6-9,11H2,(H,16,18)/t12-/m0/s1. The quantitative estimate of drug-likeness (QED) is 0.844. The van der Waals surface area contributed by atoms with Crippen LogP contribution in [0.4, 0.5) is 5.69 Å². The highest BCUT2D eigenvalue weighted by Crippen LogP contribution is 2.24. The first-order valence-electron chi connectivity index (χ1n) is 7.89. The Morgan fingerprint density at radius 1 is 1.21 bits per heavy atom. The largest absolute Gasteiger partial charge is 0.326 e. The number of sulfonamides is 1. The summed E-state index contributed by atoms with van der Waals surface area (Å²) in [6.45, 7) is 1.03. The van der Waals surface area contributed by atoms with E-state index in [-0.39, 0.29) is 22.3 Å². The maximum atomic E-state index is 12.5. The Balaban J connectivity index is 1.75. The van der Waals surface area contributed by atoms with Crippen LogP contribution in [0.25, 0.3) is 0 Å². The van der Waals surface area contributed by atoms with Gasteiger partial charge in [0.2, 0.25) is 15.9 Å². The fraction of sp³-hybridized carbons (Fsp3) is 0.533. The maximum absolute atomic E-state index is 12.5. The summed E-state index contributed by atoms with van der Waals surface area (Å²) >= 11 is 0. The zero-order valence-corrected chi connectivity index (χ0v) is 14.8. The van der Waals surface area contributed by atoms with Crippen LogP contribution in [0.3, 0.4) is 0 Å². The van der Waals surface area contributed by atoms with Crippen molar-refractivity contribution >= 4 is 31.5 Å². The molecule has 1 aromatic carbocycles. The number of hydrogen-bond acceptors (Lipinski definition) is 5. The van der Waals surface area contributed by atoms with E-state index in [0.717, 1.165) is 12.8 Å². The van der Waals surface area contributed by atoms with Gasteiger partial charge in [-0.05, 0) is 37.5 Å². The Morgan fingerprint density at radius 2 is 1.92 bits per heavy atom. The molecule has 0 unspecified atom stereocenters.